The third-order valence-electron chi connectivity index (χ3n) is 5.31. The third-order valence-corrected chi connectivity index (χ3v) is 6.18. The lowest BCUT2D eigenvalue weighted by Crippen LogP contribution is -2.40. The molecule has 1 aliphatic heterocycles. The zero-order valence-corrected chi connectivity index (χ0v) is 15.7. The van der Waals surface area contributed by atoms with Gasteiger partial charge in [-0.05, 0) is 30.7 Å². The van der Waals surface area contributed by atoms with E-state index in [1.807, 2.05) is 11.4 Å². The Kier molecular flexibility index (Phi) is 6.87. The fourth-order valence-electron chi connectivity index (χ4n) is 3.94. The van der Waals surface area contributed by atoms with Gasteiger partial charge in [-0.25, -0.2) is 0 Å². The average Bonchev–Trinajstić information content (AvgIpc) is 3.22. The summed E-state index contributed by atoms with van der Waals surface area (Å²) < 4.78 is 0. The zero-order chi connectivity index (χ0) is 17.5. The van der Waals surface area contributed by atoms with Gasteiger partial charge in [0.25, 0.3) is 5.91 Å². The van der Waals surface area contributed by atoms with E-state index >= 15 is 0 Å². The standard InChI is InChI=1S/C19H29N3O2S/c23-18(9-11-20-19(24)17-8-5-13-25-17)21-15-10-12-22(14-15)16-6-3-1-2-4-7-16/h5,8,13,15-16H,1-4,6-7,9-12,14H2,(H,20,24)(H,21,23). The van der Waals surface area contributed by atoms with Gasteiger partial charge in [-0.1, -0.05) is 31.7 Å². The molecule has 3 rings (SSSR count). The molecule has 6 heteroatoms. The number of hydrogen-bond donors (Lipinski definition) is 2. The number of rotatable bonds is 6. The van der Waals surface area contributed by atoms with Crippen molar-refractivity contribution in [3.05, 3.63) is 22.4 Å². The molecule has 1 aliphatic carbocycles. The van der Waals surface area contributed by atoms with Crippen LogP contribution in [0.25, 0.3) is 0 Å². The highest BCUT2D eigenvalue weighted by atomic mass is 32.1. The Morgan fingerprint density at radius 3 is 2.68 bits per heavy atom. The Morgan fingerprint density at radius 1 is 1.16 bits per heavy atom. The van der Waals surface area contributed by atoms with Crippen LogP contribution in [0.1, 0.15) is 61.0 Å². The molecule has 25 heavy (non-hydrogen) atoms. The number of amides is 2. The Morgan fingerprint density at radius 2 is 1.96 bits per heavy atom. The second kappa shape index (κ2) is 9.34. The van der Waals surface area contributed by atoms with E-state index in [1.54, 1.807) is 6.07 Å². The van der Waals surface area contributed by atoms with Crippen molar-refractivity contribution in [1.82, 2.24) is 15.5 Å². The molecule has 2 fully saturated rings. The van der Waals surface area contributed by atoms with Crippen LogP contribution in [-0.4, -0.2) is 48.4 Å². The van der Waals surface area contributed by atoms with Crippen LogP contribution in [0.5, 0.6) is 0 Å². The van der Waals surface area contributed by atoms with Crippen LogP contribution in [0.4, 0.5) is 0 Å². The van der Waals surface area contributed by atoms with Crippen LogP contribution >= 0.6 is 11.3 Å². The maximum absolute atomic E-state index is 12.1. The first-order chi connectivity index (χ1) is 12.2. The molecule has 1 aromatic heterocycles. The van der Waals surface area contributed by atoms with E-state index < -0.39 is 0 Å². The van der Waals surface area contributed by atoms with E-state index in [0.717, 1.165) is 25.6 Å². The van der Waals surface area contributed by atoms with Gasteiger partial charge in [0.2, 0.25) is 5.91 Å². The van der Waals surface area contributed by atoms with Gasteiger partial charge in [-0.3, -0.25) is 14.5 Å². The van der Waals surface area contributed by atoms with Crippen molar-refractivity contribution in [2.24, 2.45) is 0 Å². The molecule has 2 N–H and O–H groups in total. The van der Waals surface area contributed by atoms with Crippen LogP contribution in [0.2, 0.25) is 0 Å². The number of carbonyl (C=O) groups is 2. The second-order valence-corrected chi connectivity index (χ2v) is 8.12. The topological polar surface area (TPSA) is 61.4 Å². The summed E-state index contributed by atoms with van der Waals surface area (Å²) in [6.07, 6.45) is 9.47. The summed E-state index contributed by atoms with van der Waals surface area (Å²) in [6, 6.07) is 4.63. The lowest BCUT2D eigenvalue weighted by atomic mass is 10.1. The molecular formula is C19H29N3O2S. The van der Waals surface area contributed by atoms with Gasteiger partial charge in [0.05, 0.1) is 4.88 Å². The molecule has 0 aromatic carbocycles. The van der Waals surface area contributed by atoms with Crippen molar-refractivity contribution in [2.45, 2.75) is 63.5 Å². The Hall–Kier alpha value is -1.40. The number of nitrogens with zero attached hydrogens (tertiary/aromatic N) is 1. The highest BCUT2D eigenvalue weighted by Gasteiger charge is 2.29. The van der Waals surface area contributed by atoms with Crippen LogP contribution in [0.15, 0.2) is 17.5 Å². The summed E-state index contributed by atoms with van der Waals surface area (Å²) >= 11 is 1.41. The quantitative estimate of drug-likeness (QED) is 0.764. The Balaban J connectivity index is 1.33. The monoisotopic (exact) mass is 363 g/mol. The first kappa shape index (κ1) is 18.4. The van der Waals surface area contributed by atoms with E-state index in [-0.39, 0.29) is 17.9 Å². The summed E-state index contributed by atoms with van der Waals surface area (Å²) in [5, 5.41) is 7.83. The van der Waals surface area contributed by atoms with Crippen molar-refractivity contribution in [2.75, 3.05) is 19.6 Å². The SMILES string of the molecule is O=C(CCNC(=O)c1cccs1)NC1CCN(C2CCCCCC2)C1. The lowest BCUT2D eigenvalue weighted by molar-refractivity contribution is -0.121. The number of carbonyl (C=O) groups excluding carboxylic acids is 2. The summed E-state index contributed by atoms with van der Waals surface area (Å²) in [6.45, 7) is 2.48. The molecule has 0 spiro atoms. The van der Waals surface area contributed by atoms with Crippen molar-refractivity contribution in [3.63, 3.8) is 0 Å². The Labute approximate surface area is 154 Å². The summed E-state index contributed by atoms with van der Waals surface area (Å²) in [5.74, 6) is -0.0533. The van der Waals surface area contributed by atoms with E-state index in [2.05, 4.69) is 15.5 Å². The normalized spacial score (nSPS) is 22.5. The van der Waals surface area contributed by atoms with Crippen LogP contribution in [0.3, 0.4) is 0 Å². The number of likely N-dealkylation sites (tertiary alicyclic amines) is 1. The third kappa shape index (κ3) is 5.54. The maximum atomic E-state index is 12.1. The van der Waals surface area contributed by atoms with E-state index in [4.69, 9.17) is 0 Å². The zero-order valence-electron chi connectivity index (χ0n) is 14.8. The smallest absolute Gasteiger partial charge is 0.261 e. The Bertz CT molecular complexity index is 553. The van der Waals surface area contributed by atoms with Crippen molar-refractivity contribution < 1.29 is 9.59 Å². The average molecular weight is 364 g/mol. The molecule has 2 heterocycles. The molecule has 0 radical (unpaired) electrons. The molecule has 5 nitrogen and oxygen atoms in total. The molecule has 138 valence electrons. The summed E-state index contributed by atoms with van der Waals surface area (Å²) in [4.78, 5) is 27.2. The van der Waals surface area contributed by atoms with Gasteiger partial charge < -0.3 is 10.6 Å². The van der Waals surface area contributed by atoms with E-state index in [1.165, 1.54) is 49.9 Å². The van der Waals surface area contributed by atoms with Gasteiger partial charge in [0.15, 0.2) is 0 Å². The minimum atomic E-state index is -0.0943. The predicted molar refractivity (Wildman–Crippen MR) is 101 cm³/mol. The minimum Gasteiger partial charge on any atom is -0.352 e. The largest absolute Gasteiger partial charge is 0.352 e. The molecule has 0 bridgehead atoms. The second-order valence-electron chi connectivity index (χ2n) is 7.18. The summed E-state index contributed by atoms with van der Waals surface area (Å²) in [5.41, 5.74) is 0. The van der Waals surface area contributed by atoms with E-state index in [9.17, 15) is 9.59 Å². The van der Waals surface area contributed by atoms with Gasteiger partial charge in [-0.2, -0.15) is 0 Å². The van der Waals surface area contributed by atoms with Gasteiger partial charge in [0, 0.05) is 38.1 Å². The number of hydrogen-bond acceptors (Lipinski definition) is 4. The van der Waals surface area contributed by atoms with Crippen LogP contribution in [0, 0.1) is 0 Å². The number of thiophene rings is 1. The lowest BCUT2D eigenvalue weighted by Gasteiger charge is -2.26. The minimum absolute atomic E-state index is 0.0409. The fraction of sp³-hybridized carbons (Fsp3) is 0.684. The first-order valence-corrected chi connectivity index (χ1v) is 10.5. The molecule has 1 saturated heterocycles. The highest BCUT2D eigenvalue weighted by molar-refractivity contribution is 7.12. The van der Waals surface area contributed by atoms with Crippen LogP contribution in [-0.2, 0) is 4.79 Å². The molecule has 2 amide bonds. The molecular weight excluding hydrogens is 334 g/mol. The van der Waals surface area contributed by atoms with Crippen LogP contribution < -0.4 is 10.6 Å². The highest BCUT2D eigenvalue weighted by Crippen LogP contribution is 2.25. The number of nitrogens with one attached hydrogen (secondary N) is 2. The van der Waals surface area contributed by atoms with Crippen molar-refractivity contribution in [1.29, 1.82) is 0 Å². The van der Waals surface area contributed by atoms with Gasteiger partial charge in [0.1, 0.15) is 0 Å². The molecule has 1 saturated carbocycles. The van der Waals surface area contributed by atoms with E-state index in [0.29, 0.717) is 17.8 Å². The predicted octanol–water partition coefficient (Wildman–Crippen LogP) is 2.78. The molecule has 1 aromatic rings. The van der Waals surface area contributed by atoms with Gasteiger partial charge in [-0.15, -0.1) is 11.3 Å². The summed E-state index contributed by atoms with van der Waals surface area (Å²) in [7, 11) is 0. The molecule has 1 atom stereocenters. The maximum Gasteiger partial charge on any atom is 0.261 e. The molecule has 2 aliphatic rings. The molecule has 1 unspecified atom stereocenters. The van der Waals surface area contributed by atoms with Crippen molar-refractivity contribution >= 4 is 23.2 Å². The fourth-order valence-corrected chi connectivity index (χ4v) is 4.58. The first-order valence-electron chi connectivity index (χ1n) is 9.57. The van der Waals surface area contributed by atoms with Gasteiger partial charge >= 0.3 is 0 Å². The van der Waals surface area contributed by atoms with Crippen molar-refractivity contribution in [3.8, 4) is 0 Å².